The predicted octanol–water partition coefficient (Wildman–Crippen LogP) is 7.15. The molecule has 0 saturated heterocycles. The number of hydrogen-bond donors (Lipinski definition) is 0. The molecule has 0 saturated carbocycles. The normalized spacial score (nSPS) is 11.2. The van der Waals surface area contributed by atoms with E-state index in [1.807, 2.05) is 36.4 Å². The number of benzene rings is 4. The van der Waals surface area contributed by atoms with Crippen molar-refractivity contribution < 1.29 is 9.66 Å². The zero-order chi connectivity index (χ0) is 22.5. The maximum atomic E-state index is 11.0. The fourth-order valence-electron chi connectivity index (χ4n) is 3.35. The van der Waals surface area contributed by atoms with Crippen LogP contribution in [-0.4, -0.2) is 4.92 Å². The van der Waals surface area contributed by atoms with E-state index >= 15 is 0 Å². The average molecular weight is 485 g/mol. The van der Waals surface area contributed by atoms with Gasteiger partial charge in [0.1, 0.15) is 12.4 Å². The standard InChI is InChI=1S/C26H17BrN2O3/c27-25-14-18(12-23(16-28)22-6-3-7-24(15-22)29(30)31)9-11-26(25)32-17-19-8-10-20-4-1-2-5-21(20)13-19/h1-15H,17H2. The molecule has 0 heterocycles. The highest BCUT2D eigenvalue weighted by molar-refractivity contribution is 9.10. The van der Waals surface area contributed by atoms with Crippen molar-refractivity contribution in [2.45, 2.75) is 6.61 Å². The van der Waals surface area contributed by atoms with Gasteiger partial charge >= 0.3 is 0 Å². The Bertz CT molecular complexity index is 1390. The molecule has 0 fully saturated rings. The summed E-state index contributed by atoms with van der Waals surface area (Å²) in [4.78, 5) is 10.5. The van der Waals surface area contributed by atoms with Gasteiger partial charge in [0.15, 0.2) is 0 Å². The van der Waals surface area contributed by atoms with Gasteiger partial charge in [-0.1, -0.05) is 54.6 Å². The van der Waals surface area contributed by atoms with E-state index in [4.69, 9.17) is 4.74 Å². The quantitative estimate of drug-likeness (QED) is 0.126. The van der Waals surface area contributed by atoms with Gasteiger partial charge in [-0.15, -0.1) is 0 Å². The van der Waals surface area contributed by atoms with Gasteiger partial charge < -0.3 is 4.74 Å². The van der Waals surface area contributed by atoms with Gasteiger partial charge in [0.05, 0.1) is 21.0 Å². The number of nitro groups is 1. The van der Waals surface area contributed by atoms with Crippen LogP contribution in [0.5, 0.6) is 5.75 Å². The minimum absolute atomic E-state index is 0.0535. The Morgan fingerprint density at radius 1 is 1.00 bits per heavy atom. The summed E-state index contributed by atoms with van der Waals surface area (Å²) in [5.74, 6) is 0.684. The highest BCUT2D eigenvalue weighted by atomic mass is 79.9. The molecule has 4 aromatic rings. The predicted molar refractivity (Wildman–Crippen MR) is 129 cm³/mol. The molecule has 0 bridgehead atoms. The molecule has 4 aromatic carbocycles. The molecular formula is C26H17BrN2O3. The van der Waals surface area contributed by atoms with E-state index in [9.17, 15) is 15.4 Å². The second kappa shape index (κ2) is 9.46. The molecule has 5 nitrogen and oxygen atoms in total. The lowest BCUT2D eigenvalue weighted by Gasteiger charge is -2.10. The van der Waals surface area contributed by atoms with E-state index in [0.717, 1.165) is 15.6 Å². The van der Waals surface area contributed by atoms with E-state index in [2.05, 4.69) is 46.3 Å². The highest BCUT2D eigenvalue weighted by Crippen LogP contribution is 2.29. The number of ether oxygens (including phenoxy) is 1. The van der Waals surface area contributed by atoms with Crippen LogP contribution in [-0.2, 0) is 6.61 Å². The summed E-state index contributed by atoms with van der Waals surface area (Å²) >= 11 is 3.53. The van der Waals surface area contributed by atoms with Gasteiger partial charge in [-0.25, -0.2) is 0 Å². The van der Waals surface area contributed by atoms with Gasteiger partial charge in [-0.2, -0.15) is 5.26 Å². The first-order valence-corrected chi connectivity index (χ1v) is 10.6. The first-order chi connectivity index (χ1) is 15.5. The Hall–Kier alpha value is -3.95. The van der Waals surface area contributed by atoms with Crippen molar-refractivity contribution in [3.8, 4) is 11.8 Å². The zero-order valence-corrected chi connectivity index (χ0v) is 18.5. The van der Waals surface area contributed by atoms with E-state index < -0.39 is 4.92 Å². The molecule has 156 valence electrons. The molecule has 0 N–H and O–H groups in total. The van der Waals surface area contributed by atoms with Crippen molar-refractivity contribution in [1.29, 1.82) is 5.26 Å². The van der Waals surface area contributed by atoms with Gasteiger partial charge in [-0.05, 0) is 67.7 Å². The Labute approximate surface area is 193 Å². The smallest absolute Gasteiger partial charge is 0.270 e. The summed E-state index contributed by atoms with van der Waals surface area (Å²) in [5, 5.41) is 22.9. The number of non-ortho nitro benzene ring substituents is 1. The van der Waals surface area contributed by atoms with Crippen molar-refractivity contribution in [2.24, 2.45) is 0 Å². The van der Waals surface area contributed by atoms with Crippen LogP contribution in [0, 0.1) is 21.4 Å². The summed E-state index contributed by atoms with van der Waals surface area (Å²) in [7, 11) is 0. The van der Waals surface area contributed by atoms with Crippen molar-refractivity contribution in [3.63, 3.8) is 0 Å². The van der Waals surface area contributed by atoms with Crippen molar-refractivity contribution >= 4 is 44.0 Å². The largest absolute Gasteiger partial charge is 0.488 e. The van der Waals surface area contributed by atoms with Gasteiger partial charge in [0.2, 0.25) is 0 Å². The maximum absolute atomic E-state index is 11.0. The molecule has 4 rings (SSSR count). The summed E-state index contributed by atoms with van der Waals surface area (Å²) in [6.45, 7) is 0.426. The van der Waals surface area contributed by atoms with E-state index in [-0.39, 0.29) is 5.69 Å². The minimum Gasteiger partial charge on any atom is -0.488 e. The van der Waals surface area contributed by atoms with Crippen molar-refractivity contribution in [2.75, 3.05) is 0 Å². The van der Waals surface area contributed by atoms with Crippen LogP contribution in [0.2, 0.25) is 0 Å². The third-order valence-corrected chi connectivity index (χ3v) is 5.58. The fourth-order valence-corrected chi connectivity index (χ4v) is 3.86. The number of nitriles is 1. The number of rotatable bonds is 6. The minimum atomic E-state index is -0.475. The van der Waals surface area contributed by atoms with Gasteiger partial charge in [0, 0.05) is 12.1 Å². The van der Waals surface area contributed by atoms with E-state index in [0.29, 0.717) is 23.5 Å². The molecule has 0 aliphatic heterocycles. The first kappa shape index (κ1) is 21.3. The lowest BCUT2D eigenvalue weighted by molar-refractivity contribution is -0.384. The Morgan fingerprint density at radius 2 is 1.81 bits per heavy atom. The molecule has 32 heavy (non-hydrogen) atoms. The number of fused-ring (bicyclic) bond motifs is 1. The fraction of sp³-hybridized carbons (Fsp3) is 0.0385. The van der Waals surface area contributed by atoms with Crippen LogP contribution in [0.15, 0.2) is 89.4 Å². The second-order valence-electron chi connectivity index (χ2n) is 7.14. The Balaban J connectivity index is 1.52. The molecular weight excluding hydrogens is 468 g/mol. The van der Waals surface area contributed by atoms with Crippen molar-refractivity contribution in [3.05, 3.63) is 116 Å². The van der Waals surface area contributed by atoms with Crippen LogP contribution in [0.4, 0.5) is 5.69 Å². The molecule has 0 atom stereocenters. The number of allylic oxidation sites excluding steroid dienone is 1. The molecule has 0 unspecified atom stereocenters. The average Bonchev–Trinajstić information content (AvgIpc) is 2.82. The van der Waals surface area contributed by atoms with Crippen LogP contribution in [0.25, 0.3) is 22.4 Å². The van der Waals surface area contributed by atoms with Crippen LogP contribution < -0.4 is 4.74 Å². The van der Waals surface area contributed by atoms with E-state index in [1.165, 1.54) is 22.9 Å². The molecule has 0 aromatic heterocycles. The Morgan fingerprint density at radius 3 is 2.56 bits per heavy atom. The number of nitrogens with zero attached hydrogens (tertiary/aromatic N) is 2. The summed E-state index contributed by atoms with van der Waals surface area (Å²) in [6.07, 6.45) is 1.69. The third kappa shape index (κ3) is 4.85. The number of hydrogen-bond acceptors (Lipinski definition) is 4. The topological polar surface area (TPSA) is 76.2 Å². The lowest BCUT2D eigenvalue weighted by atomic mass is 10.0. The zero-order valence-electron chi connectivity index (χ0n) is 16.9. The van der Waals surface area contributed by atoms with Crippen molar-refractivity contribution in [1.82, 2.24) is 0 Å². The van der Waals surface area contributed by atoms with E-state index in [1.54, 1.807) is 18.2 Å². The number of nitro benzene ring substituents is 1. The molecule has 0 amide bonds. The summed E-state index contributed by atoms with van der Waals surface area (Å²) in [6, 6.07) is 28.1. The van der Waals surface area contributed by atoms with Gasteiger partial charge in [0.25, 0.3) is 5.69 Å². The highest BCUT2D eigenvalue weighted by Gasteiger charge is 2.10. The molecule has 0 spiro atoms. The SMILES string of the molecule is N#CC(=Cc1ccc(OCc2ccc3ccccc3c2)c(Br)c1)c1cccc([N+](=O)[O-])c1. The first-order valence-electron chi connectivity index (χ1n) is 9.80. The Kier molecular flexibility index (Phi) is 6.29. The summed E-state index contributed by atoms with van der Waals surface area (Å²) in [5.41, 5.74) is 2.62. The van der Waals surface area contributed by atoms with Crippen LogP contribution in [0.3, 0.4) is 0 Å². The lowest BCUT2D eigenvalue weighted by Crippen LogP contribution is -1.96. The molecule has 0 aliphatic rings. The van der Waals surface area contributed by atoms with Gasteiger partial charge in [-0.3, -0.25) is 10.1 Å². The molecule has 0 radical (unpaired) electrons. The maximum Gasteiger partial charge on any atom is 0.270 e. The second-order valence-corrected chi connectivity index (χ2v) is 7.99. The summed E-state index contributed by atoms with van der Waals surface area (Å²) < 4.78 is 6.73. The number of halogens is 1. The third-order valence-electron chi connectivity index (χ3n) is 4.96. The van der Waals surface area contributed by atoms with Crippen LogP contribution >= 0.6 is 15.9 Å². The monoisotopic (exact) mass is 484 g/mol. The van der Waals surface area contributed by atoms with Crippen LogP contribution in [0.1, 0.15) is 16.7 Å². The molecule has 0 aliphatic carbocycles. The molecule has 6 heteroatoms.